The molecule has 0 saturated carbocycles. The van der Waals surface area contributed by atoms with Gasteiger partial charge in [0, 0.05) is 13.2 Å². The third-order valence-corrected chi connectivity index (χ3v) is 1.71. The Hall–Kier alpha value is -0.120. The predicted molar refractivity (Wildman–Crippen MR) is 52.6 cm³/mol. The minimum atomic E-state index is -0.747. The fourth-order valence-electron chi connectivity index (χ4n) is 0.842. The molecule has 0 rings (SSSR count). The fraction of sp³-hybridized carbons (Fsp3) is 1.00. The molecule has 0 bridgehead atoms. The Labute approximate surface area is 81.0 Å². The second-order valence-corrected chi connectivity index (χ2v) is 3.11. The van der Waals surface area contributed by atoms with Gasteiger partial charge in [-0.25, -0.2) is 0 Å². The Kier molecular flexibility index (Phi) is 9.87. The smallest absolute Gasteiger partial charge is 0.178 e. The fourth-order valence-corrected chi connectivity index (χ4v) is 0.842. The van der Waals surface area contributed by atoms with E-state index >= 15 is 0 Å². The Morgan fingerprint density at radius 1 is 1.08 bits per heavy atom. The molecule has 0 aromatic rings. The van der Waals surface area contributed by atoms with E-state index in [2.05, 4.69) is 13.8 Å². The molecular weight excluding hydrogens is 168 g/mol. The van der Waals surface area contributed by atoms with Crippen LogP contribution >= 0.6 is 0 Å². The molecule has 1 atom stereocenters. The summed E-state index contributed by atoms with van der Waals surface area (Å²) >= 11 is 0. The molecule has 0 radical (unpaired) electrons. The first-order valence-corrected chi connectivity index (χ1v) is 5.18. The Morgan fingerprint density at radius 2 is 1.69 bits per heavy atom. The third-order valence-electron chi connectivity index (χ3n) is 1.71. The van der Waals surface area contributed by atoms with E-state index in [9.17, 15) is 5.11 Å². The van der Waals surface area contributed by atoms with E-state index in [-0.39, 0.29) is 0 Å². The van der Waals surface area contributed by atoms with Crippen molar-refractivity contribution in [1.29, 1.82) is 0 Å². The highest BCUT2D eigenvalue weighted by molar-refractivity contribution is 4.40. The standard InChI is InChI=1S/C10H22O3/c1-3-5-7-12-9-10(11)13-8-6-4-2/h10-11H,3-9H2,1-2H3. The quantitative estimate of drug-likeness (QED) is 0.446. The van der Waals surface area contributed by atoms with E-state index in [1.807, 2.05) is 0 Å². The van der Waals surface area contributed by atoms with Crippen LogP contribution in [0.4, 0.5) is 0 Å². The lowest BCUT2D eigenvalue weighted by atomic mass is 10.4. The monoisotopic (exact) mass is 190 g/mol. The minimum Gasteiger partial charge on any atom is -0.376 e. The molecule has 1 N–H and O–H groups in total. The van der Waals surface area contributed by atoms with Gasteiger partial charge in [0.25, 0.3) is 0 Å². The summed E-state index contributed by atoms with van der Waals surface area (Å²) in [5.41, 5.74) is 0. The highest BCUT2D eigenvalue weighted by Gasteiger charge is 2.02. The summed E-state index contributed by atoms with van der Waals surface area (Å²) in [6.07, 6.45) is 3.49. The molecular formula is C10H22O3. The maximum absolute atomic E-state index is 9.23. The molecule has 13 heavy (non-hydrogen) atoms. The van der Waals surface area contributed by atoms with Crippen LogP contribution in [0.5, 0.6) is 0 Å². The first-order valence-electron chi connectivity index (χ1n) is 5.18. The molecule has 0 aromatic heterocycles. The van der Waals surface area contributed by atoms with Crippen molar-refractivity contribution in [1.82, 2.24) is 0 Å². The lowest BCUT2D eigenvalue weighted by Gasteiger charge is -2.11. The lowest BCUT2D eigenvalue weighted by molar-refractivity contribution is -0.138. The average Bonchev–Trinajstić information content (AvgIpc) is 2.13. The molecule has 0 aliphatic rings. The van der Waals surface area contributed by atoms with Gasteiger partial charge in [-0.1, -0.05) is 26.7 Å². The van der Waals surface area contributed by atoms with Crippen molar-refractivity contribution in [2.24, 2.45) is 0 Å². The van der Waals surface area contributed by atoms with Gasteiger partial charge < -0.3 is 14.6 Å². The Balaban J connectivity index is 3.05. The normalized spacial score (nSPS) is 13.2. The maximum atomic E-state index is 9.23. The molecule has 0 aliphatic carbocycles. The highest BCUT2D eigenvalue weighted by atomic mass is 16.6. The SMILES string of the molecule is CCCCOCC(O)OCCCC. The molecule has 0 heterocycles. The van der Waals surface area contributed by atoms with Gasteiger partial charge in [0.2, 0.25) is 0 Å². The molecule has 3 heteroatoms. The van der Waals surface area contributed by atoms with E-state index in [1.54, 1.807) is 0 Å². The number of hydrogen-bond donors (Lipinski definition) is 1. The molecule has 3 nitrogen and oxygen atoms in total. The number of aliphatic hydroxyl groups is 1. The second kappa shape index (κ2) is 9.96. The Bertz CT molecular complexity index is 96.2. The number of aliphatic hydroxyl groups excluding tert-OH is 1. The number of rotatable bonds is 9. The second-order valence-electron chi connectivity index (χ2n) is 3.11. The zero-order valence-electron chi connectivity index (χ0n) is 8.79. The van der Waals surface area contributed by atoms with Crippen molar-refractivity contribution in [3.63, 3.8) is 0 Å². The molecule has 80 valence electrons. The van der Waals surface area contributed by atoms with Gasteiger partial charge in [-0.3, -0.25) is 0 Å². The van der Waals surface area contributed by atoms with Crippen molar-refractivity contribution in [2.75, 3.05) is 19.8 Å². The summed E-state index contributed by atoms with van der Waals surface area (Å²) in [7, 11) is 0. The van der Waals surface area contributed by atoms with Crippen LogP contribution in [0.15, 0.2) is 0 Å². The van der Waals surface area contributed by atoms with Crippen molar-refractivity contribution < 1.29 is 14.6 Å². The van der Waals surface area contributed by atoms with Crippen LogP contribution in [0.25, 0.3) is 0 Å². The summed E-state index contributed by atoms with van der Waals surface area (Å²) < 4.78 is 10.3. The summed E-state index contributed by atoms with van der Waals surface area (Å²) in [6.45, 7) is 5.83. The van der Waals surface area contributed by atoms with Crippen LogP contribution < -0.4 is 0 Å². The van der Waals surface area contributed by atoms with Gasteiger partial charge in [0.15, 0.2) is 6.29 Å². The van der Waals surface area contributed by atoms with Crippen molar-refractivity contribution in [2.45, 2.75) is 45.8 Å². The van der Waals surface area contributed by atoms with Gasteiger partial charge >= 0.3 is 0 Å². The van der Waals surface area contributed by atoms with Crippen LogP contribution in [0, 0.1) is 0 Å². The summed E-state index contributed by atoms with van der Waals surface area (Å²) in [4.78, 5) is 0. The van der Waals surface area contributed by atoms with Crippen LogP contribution in [-0.4, -0.2) is 31.2 Å². The van der Waals surface area contributed by atoms with Gasteiger partial charge in [-0.2, -0.15) is 0 Å². The first-order chi connectivity index (χ1) is 6.31. The molecule has 0 spiro atoms. The van der Waals surface area contributed by atoms with Gasteiger partial charge in [0.1, 0.15) is 0 Å². The number of unbranched alkanes of at least 4 members (excludes halogenated alkanes) is 2. The van der Waals surface area contributed by atoms with Gasteiger partial charge in [-0.05, 0) is 12.8 Å². The topological polar surface area (TPSA) is 38.7 Å². The van der Waals surface area contributed by atoms with Crippen LogP contribution in [0.2, 0.25) is 0 Å². The first kappa shape index (κ1) is 12.9. The van der Waals surface area contributed by atoms with E-state index < -0.39 is 6.29 Å². The largest absolute Gasteiger partial charge is 0.376 e. The van der Waals surface area contributed by atoms with Crippen LogP contribution in [-0.2, 0) is 9.47 Å². The summed E-state index contributed by atoms with van der Waals surface area (Å²) in [5.74, 6) is 0. The molecule has 0 amide bonds. The zero-order chi connectivity index (χ0) is 9.94. The van der Waals surface area contributed by atoms with Gasteiger partial charge in [0.05, 0.1) is 6.61 Å². The average molecular weight is 190 g/mol. The molecule has 1 unspecified atom stereocenters. The van der Waals surface area contributed by atoms with Crippen molar-refractivity contribution in [3.05, 3.63) is 0 Å². The predicted octanol–water partition coefficient (Wildman–Crippen LogP) is 1.94. The van der Waals surface area contributed by atoms with Gasteiger partial charge in [-0.15, -0.1) is 0 Å². The minimum absolute atomic E-state index is 0.295. The highest BCUT2D eigenvalue weighted by Crippen LogP contribution is 1.95. The molecule has 0 saturated heterocycles. The number of ether oxygens (including phenoxy) is 2. The molecule has 0 fully saturated rings. The Morgan fingerprint density at radius 3 is 2.31 bits per heavy atom. The lowest BCUT2D eigenvalue weighted by Crippen LogP contribution is -2.20. The number of hydrogen-bond acceptors (Lipinski definition) is 3. The molecule has 0 aromatic carbocycles. The van der Waals surface area contributed by atoms with Crippen LogP contribution in [0.3, 0.4) is 0 Å². The van der Waals surface area contributed by atoms with E-state index in [0.717, 1.165) is 25.7 Å². The maximum Gasteiger partial charge on any atom is 0.178 e. The van der Waals surface area contributed by atoms with E-state index in [0.29, 0.717) is 19.8 Å². The van der Waals surface area contributed by atoms with Crippen molar-refractivity contribution in [3.8, 4) is 0 Å². The van der Waals surface area contributed by atoms with E-state index in [4.69, 9.17) is 9.47 Å². The van der Waals surface area contributed by atoms with Crippen LogP contribution in [0.1, 0.15) is 39.5 Å². The third kappa shape index (κ3) is 9.80. The summed E-state index contributed by atoms with van der Waals surface area (Å²) in [6, 6.07) is 0. The zero-order valence-corrected chi connectivity index (χ0v) is 8.79. The molecule has 0 aliphatic heterocycles. The summed E-state index contributed by atoms with van der Waals surface area (Å²) in [5, 5.41) is 9.23. The van der Waals surface area contributed by atoms with E-state index in [1.165, 1.54) is 0 Å². The van der Waals surface area contributed by atoms with Crippen molar-refractivity contribution >= 4 is 0 Å².